The zero-order valence-electron chi connectivity index (χ0n) is 15.4. The van der Waals surface area contributed by atoms with E-state index >= 15 is 0 Å². The Hall–Kier alpha value is -4.32. The second-order valence-electron chi connectivity index (χ2n) is 6.28. The molecule has 0 saturated heterocycles. The molecule has 0 bridgehead atoms. The number of nitriles is 1. The number of carbonyl (C=O) groups excluding carboxylic acids is 3. The summed E-state index contributed by atoms with van der Waals surface area (Å²) >= 11 is 0. The summed E-state index contributed by atoms with van der Waals surface area (Å²) in [4.78, 5) is 49.0. The molecule has 1 aliphatic rings. The van der Waals surface area contributed by atoms with Crippen LogP contribution in [0.15, 0.2) is 48.2 Å². The number of anilines is 1. The van der Waals surface area contributed by atoms with Gasteiger partial charge in [-0.3, -0.25) is 24.5 Å². The van der Waals surface area contributed by atoms with Crippen molar-refractivity contribution >= 4 is 29.1 Å². The Labute approximate surface area is 165 Å². The molecule has 2 aromatic rings. The van der Waals surface area contributed by atoms with E-state index in [4.69, 9.17) is 5.26 Å². The highest BCUT2D eigenvalue weighted by Gasteiger charge is 2.37. The van der Waals surface area contributed by atoms with Gasteiger partial charge in [0, 0.05) is 23.4 Å². The average Bonchev–Trinajstić information content (AvgIpc) is 2.93. The molecule has 0 aromatic heterocycles. The lowest BCUT2D eigenvalue weighted by molar-refractivity contribution is -0.385. The summed E-state index contributed by atoms with van der Waals surface area (Å²) in [7, 11) is 0. The van der Waals surface area contributed by atoms with E-state index in [-0.39, 0.29) is 33.8 Å². The number of rotatable bonds is 4. The number of imide groups is 1. The topological polar surface area (TPSA) is 133 Å². The van der Waals surface area contributed by atoms with Gasteiger partial charge >= 0.3 is 0 Å². The predicted octanol–water partition coefficient (Wildman–Crippen LogP) is 3.18. The minimum Gasteiger partial charge on any atom is -0.321 e. The molecule has 9 heteroatoms. The van der Waals surface area contributed by atoms with Crippen molar-refractivity contribution in [1.29, 1.82) is 5.26 Å². The highest BCUT2D eigenvalue weighted by Crippen LogP contribution is 2.28. The normalized spacial score (nSPS) is 13.1. The number of nitrogens with one attached hydrogen (secondary N) is 1. The summed E-state index contributed by atoms with van der Waals surface area (Å²) in [6.45, 7) is 2.98. The predicted molar refractivity (Wildman–Crippen MR) is 102 cm³/mol. The van der Waals surface area contributed by atoms with Gasteiger partial charge in [-0.1, -0.05) is 6.07 Å². The van der Waals surface area contributed by atoms with Crippen LogP contribution in [-0.2, 0) is 0 Å². The van der Waals surface area contributed by atoms with Gasteiger partial charge in [-0.25, -0.2) is 4.90 Å². The lowest BCUT2D eigenvalue weighted by atomic mass is 10.0. The van der Waals surface area contributed by atoms with Crippen molar-refractivity contribution < 1.29 is 19.3 Å². The summed E-state index contributed by atoms with van der Waals surface area (Å²) in [6, 6.07) is 10.1. The number of allylic oxidation sites excluding steroid dienone is 2. The van der Waals surface area contributed by atoms with E-state index in [1.807, 2.05) is 0 Å². The van der Waals surface area contributed by atoms with Gasteiger partial charge in [0.2, 0.25) is 0 Å². The summed E-state index contributed by atoms with van der Waals surface area (Å²) in [5, 5.41) is 22.4. The Morgan fingerprint density at radius 3 is 2.55 bits per heavy atom. The Morgan fingerprint density at radius 1 is 1.21 bits per heavy atom. The molecule has 3 amide bonds. The maximum Gasteiger partial charge on any atom is 0.274 e. The largest absolute Gasteiger partial charge is 0.321 e. The molecule has 1 heterocycles. The number of amides is 3. The number of hydrogen-bond donors (Lipinski definition) is 1. The minimum absolute atomic E-state index is 0.0455. The van der Waals surface area contributed by atoms with Gasteiger partial charge in [0.15, 0.2) is 0 Å². The summed E-state index contributed by atoms with van der Waals surface area (Å²) in [5.74, 6) is -1.79. The first-order chi connectivity index (χ1) is 13.8. The number of hydrogen-bond acceptors (Lipinski definition) is 6. The summed E-state index contributed by atoms with van der Waals surface area (Å²) in [5.41, 5.74) is 0.889. The van der Waals surface area contributed by atoms with Crippen molar-refractivity contribution in [3.63, 3.8) is 0 Å². The van der Waals surface area contributed by atoms with Crippen LogP contribution in [0.2, 0.25) is 0 Å². The second kappa shape index (κ2) is 7.36. The molecule has 0 fully saturated rings. The molecule has 29 heavy (non-hydrogen) atoms. The maximum absolute atomic E-state index is 12.6. The monoisotopic (exact) mass is 390 g/mol. The molecule has 0 unspecified atom stereocenters. The molecule has 144 valence electrons. The molecule has 0 saturated carbocycles. The van der Waals surface area contributed by atoms with Crippen molar-refractivity contribution in [2.75, 3.05) is 5.32 Å². The Balaban J connectivity index is 1.92. The zero-order chi connectivity index (χ0) is 21.3. The van der Waals surface area contributed by atoms with Crippen LogP contribution in [0.25, 0.3) is 0 Å². The van der Waals surface area contributed by atoms with E-state index in [2.05, 4.69) is 5.32 Å². The van der Waals surface area contributed by atoms with Crippen molar-refractivity contribution in [1.82, 2.24) is 4.90 Å². The number of nitro groups is 1. The Morgan fingerprint density at radius 2 is 1.90 bits per heavy atom. The van der Waals surface area contributed by atoms with Crippen LogP contribution in [0, 0.1) is 28.4 Å². The van der Waals surface area contributed by atoms with E-state index in [0.717, 1.165) is 11.0 Å². The first-order valence-corrected chi connectivity index (χ1v) is 8.40. The van der Waals surface area contributed by atoms with Crippen molar-refractivity contribution in [3.05, 3.63) is 80.5 Å². The van der Waals surface area contributed by atoms with E-state index in [9.17, 15) is 24.5 Å². The maximum atomic E-state index is 12.6. The van der Waals surface area contributed by atoms with Gasteiger partial charge in [0.05, 0.1) is 33.4 Å². The minimum atomic E-state index is -0.629. The number of nitrogens with zero attached hydrogens (tertiary/aromatic N) is 3. The van der Waals surface area contributed by atoms with Crippen LogP contribution >= 0.6 is 0 Å². The summed E-state index contributed by atoms with van der Waals surface area (Å²) < 4.78 is 0. The molecule has 9 nitrogen and oxygen atoms in total. The number of benzene rings is 2. The molecule has 2 aromatic carbocycles. The van der Waals surface area contributed by atoms with Gasteiger partial charge in [-0.2, -0.15) is 5.26 Å². The van der Waals surface area contributed by atoms with Crippen LogP contribution in [0.5, 0.6) is 0 Å². The lowest BCUT2D eigenvalue weighted by Crippen LogP contribution is -2.27. The third kappa shape index (κ3) is 3.35. The van der Waals surface area contributed by atoms with Gasteiger partial charge in [0.25, 0.3) is 23.4 Å². The Bertz CT molecular complexity index is 1160. The first kappa shape index (κ1) is 19.4. The summed E-state index contributed by atoms with van der Waals surface area (Å²) in [6.07, 6.45) is 1.08. The standard InChI is InChI=1S/C20H14N4O5/c1-11(8-9-21)23-19(26)14-7-6-13(10-15(14)20(23)27)18(25)22-16-4-3-5-17(12(16)2)24(28)29/h3-8,10H,1-2H3,(H,22,25)/b11-8+. The second-order valence-corrected chi connectivity index (χ2v) is 6.28. The average molecular weight is 390 g/mol. The van der Waals surface area contributed by atoms with Crippen LogP contribution < -0.4 is 5.32 Å². The molecule has 0 spiro atoms. The number of carbonyl (C=O) groups is 3. The fourth-order valence-electron chi connectivity index (χ4n) is 3.01. The van der Waals surface area contributed by atoms with Crippen molar-refractivity contribution in [2.24, 2.45) is 0 Å². The highest BCUT2D eigenvalue weighted by molar-refractivity contribution is 6.23. The van der Waals surface area contributed by atoms with Gasteiger partial charge in [-0.15, -0.1) is 0 Å². The van der Waals surface area contributed by atoms with E-state index < -0.39 is 22.6 Å². The zero-order valence-corrected chi connectivity index (χ0v) is 15.4. The van der Waals surface area contributed by atoms with E-state index in [0.29, 0.717) is 5.56 Å². The van der Waals surface area contributed by atoms with Gasteiger partial charge < -0.3 is 5.32 Å². The fourth-order valence-corrected chi connectivity index (χ4v) is 3.01. The van der Waals surface area contributed by atoms with E-state index in [1.165, 1.54) is 50.2 Å². The SMILES string of the molecule is C/C(=C\C#N)N1C(=O)c2ccc(C(=O)Nc3cccc([N+](=O)[O-])c3C)cc2C1=O. The van der Waals surface area contributed by atoms with Gasteiger partial charge in [-0.05, 0) is 38.1 Å². The van der Waals surface area contributed by atoms with Crippen molar-refractivity contribution in [3.8, 4) is 6.07 Å². The number of fused-ring (bicyclic) bond motifs is 1. The third-order valence-corrected chi connectivity index (χ3v) is 4.52. The van der Waals surface area contributed by atoms with Crippen LogP contribution in [0.1, 0.15) is 43.6 Å². The molecule has 3 rings (SSSR count). The molecule has 0 aliphatic carbocycles. The molecule has 0 atom stereocenters. The van der Waals surface area contributed by atoms with Crippen LogP contribution in [0.4, 0.5) is 11.4 Å². The van der Waals surface area contributed by atoms with Gasteiger partial charge in [0.1, 0.15) is 0 Å². The number of nitro benzene ring substituents is 1. The Kier molecular flexibility index (Phi) is 4.93. The van der Waals surface area contributed by atoms with Crippen LogP contribution in [0.3, 0.4) is 0 Å². The lowest BCUT2D eigenvalue weighted by Gasteiger charge is -2.12. The van der Waals surface area contributed by atoms with E-state index in [1.54, 1.807) is 6.07 Å². The third-order valence-electron chi connectivity index (χ3n) is 4.52. The van der Waals surface area contributed by atoms with Crippen molar-refractivity contribution in [2.45, 2.75) is 13.8 Å². The molecule has 1 aliphatic heterocycles. The van der Waals surface area contributed by atoms with Crippen LogP contribution in [-0.4, -0.2) is 27.5 Å². The molecular formula is C20H14N4O5. The molecule has 0 radical (unpaired) electrons. The first-order valence-electron chi connectivity index (χ1n) is 8.40. The fraction of sp³-hybridized carbons (Fsp3) is 0.100. The highest BCUT2D eigenvalue weighted by atomic mass is 16.6. The molecule has 1 N–H and O–H groups in total. The quantitative estimate of drug-likeness (QED) is 0.369. The molecular weight excluding hydrogens is 376 g/mol. The smallest absolute Gasteiger partial charge is 0.274 e.